The lowest BCUT2D eigenvalue weighted by molar-refractivity contribution is 0.392. The summed E-state index contributed by atoms with van der Waals surface area (Å²) in [5.74, 6) is 1.74. The van der Waals surface area contributed by atoms with E-state index in [9.17, 15) is 0 Å². The van der Waals surface area contributed by atoms with Crippen LogP contribution in [0.1, 0.15) is 35.4 Å². The normalized spacial score (nSPS) is 15.9. The topological polar surface area (TPSA) is 62.5 Å². The van der Waals surface area contributed by atoms with Gasteiger partial charge in [0.25, 0.3) is 0 Å². The molecule has 1 aromatic carbocycles. The van der Waals surface area contributed by atoms with Gasteiger partial charge in [-0.25, -0.2) is 0 Å². The summed E-state index contributed by atoms with van der Waals surface area (Å²) in [6.45, 7) is 5.63. The first-order chi connectivity index (χ1) is 12.0. The third kappa shape index (κ3) is 4.24. The highest BCUT2D eigenvalue weighted by Crippen LogP contribution is 2.48. The van der Waals surface area contributed by atoms with E-state index in [1.165, 1.54) is 24.0 Å². The molecular weight excluding hydrogens is 380 g/mol. The number of aryl methyl sites for hydroxylation is 2. The fraction of sp³-hybridized carbons (Fsp3) is 0.474. The molecule has 2 aromatic rings. The summed E-state index contributed by atoms with van der Waals surface area (Å²) in [4.78, 5) is 4.34. The first-order valence-corrected chi connectivity index (χ1v) is 9.46. The highest BCUT2D eigenvalue weighted by molar-refractivity contribution is 9.10. The minimum Gasteiger partial charge on any atom is -0.361 e. The van der Waals surface area contributed by atoms with Crippen molar-refractivity contribution in [1.82, 2.24) is 15.8 Å². The van der Waals surface area contributed by atoms with Crippen molar-refractivity contribution in [3.8, 4) is 0 Å². The molecule has 0 unspecified atom stereocenters. The summed E-state index contributed by atoms with van der Waals surface area (Å²) >= 11 is 3.57. The molecule has 3 rings (SSSR count). The Morgan fingerprint density at radius 2 is 2.12 bits per heavy atom. The van der Waals surface area contributed by atoms with Gasteiger partial charge in [-0.15, -0.1) is 0 Å². The molecule has 1 aliphatic carbocycles. The van der Waals surface area contributed by atoms with Crippen LogP contribution in [0, 0.1) is 13.8 Å². The summed E-state index contributed by atoms with van der Waals surface area (Å²) in [5.41, 5.74) is 3.77. The lowest BCUT2D eigenvalue weighted by Gasteiger charge is -2.19. The predicted octanol–water partition coefficient (Wildman–Crippen LogP) is 3.49. The lowest BCUT2D eigenvalue weighted by Crippen LogP contribution is -2.42. The van der Waals surface area contributed by atoms with Gasteiger partial charge in [0, 0.05) is 35.6 Å². The molecule has 1 aromatic heterocycles. The summed E-state index contributed by atoms with van der Waals surface area (Å²) in [6.07, 6.45) is 3.30. The second-order valence-electron chi connectivity index (χ2n) is 6.70. The number of hydrogen-bond donors (Lipinski definition) is 2. The van der Waals surface area contributed by atoms with Crippen molar-refractivity contribution >= 4 is 21.9 Å². The molecule has 1 heterocycles. The quantitative estimate of drug-likeness (QED) is 0.571. The molecule has 0 atom stereocenters. The Hall–Kier alpha value is -1.82. The molecule has 0 radical (unpaired) electrons. The van der Waals surface area contributed by atoms with Gasteiger partial charge in [0.2, 0.25) is 0 Å². The minimum absolute atomic E-state index is 0.239. The molecule has 1 aliphatic rings. The van der Waals surface area contributed by atoms with Gasteiger partial charge in [-0.05, 0) is 50.8 Å². The van der Waals surface area contributed by atoms with E-state index in [2.05, 4.69) is 61.0 Å². The fourth-order valence-electron chi connectivity index (χ4n) is 3.17. The molecule has 5 nitrogen and oxygen atoms in total. The smallest absolute Gasteiger partial charge is 0.191 e. The highest BCUT2D eigenvalue weighted by atomic mass is 79.9. The zero-order valence-electron chi connectivity index (χ0n) is 15.0. The van der Waals surface area contributed by atoms with Crippen LogP contribution in [0.2, 0.25) is 0 Å². The summed E-state index contributed by atoms with van der Waals surface area (Å²) in [6, 6.07) is 8.62. The second kappa shape index (κ2) is 7.60. The van der Waals surface area contributed by atoms with Crippen molar-refractivity contribution in [3.05, 3.63) is 51.3 Å². The standard InChI is InChI=1S/C19H25BrN4O/c1-13-17(14(2)25-24-13)7-10-22-18(21-3)23-12-19(8-9-19)15-5-4-6-16(20)11-15/h4-6,11H,7-10,12H2,1-3H3,(H2,21,22,23). The molecule has 6 heteroatoms. The highest BCUT2D eigenvalue weighted by Gasteiger charge is 2.44. The fourth-order valence-corrected chi connectivity index (χ4v) is 3.57. The Morgan fingerprint density at radius 3 is 2.72 bits per heavy atom. The van der Waals surface area contributed by atoms with Gasteiger partial charge in [-0.2, -0.15) is 0 Å². The first-order valence-electron chi connectivity index (χ1n) is 8.66. The number of halogens is 1. The average molecular weight is 405 g/mol. The molecule has 0 bridgehead atoms. The van der Waals surface area contributed by atoms with Crippen LogP contribution in [0.5, 0.6) is 0 Å². The molecule has 134 valence electrons. The van der Waals surface area contributed by atoms with E-state index in [4.69, 9.17) is 4.52 Å². The van der Waals surface area contributed by atoms with E-state index in [1.807, 2.05) is 20.9 Å². The number of rotatable bonds is 6. The van der Waals surface area contributed by atoms with Crippen LogP contribution >= 0.6 is 15.9 Å². The summed E-state index contributed by atoms with van der Waals surface area (Å²) in [5, 5.41) is 10.9. The van der Waals surface area contributed by atoms with Crippen LogP contribution in [-0.2, 0) is 11.8 Å². The molecule has 0 amide bonds. The predicted molar refractivity (Wildman–Crippen MR) is 104 cm³/mol. The largest absolute Gasteiger partial charge is 0.361 e. The van der Waals surface area contributed by atoms with E-state index in [1.54, 1.807) is 0 Å². The Morgan fingerprint density at radius 1 is 1.32 bits per heavy atom. The molecule has 25 heavy (non-hydrogen) atoms. The van der Waals surface area contributed by atoms with Crippen LogP contribution in [0.4, 0.5) is 0 Å². The van der Waals surface area contributed by atoms with E-state index in [0.29, 0.717) is 0 Å². The second-order valence-corrected chi connectivity index (χ2v) is 7.61. The van der Waals surface area contributed by atoms with Gasteiger partial charge in [-0.3, -0.25) is 4.99 Å². The van der Waals surface area contributed by atoms with Crippen LogP contribution in [0.15, 0.2) is 38.3 Å². The summed E-state index contributed by atoms with van der Waals surface area (Å²) < 4.78 is 6.35. The van der Waals surface area contributed by atoms with Crippen molar-refractivity contribution in [1.29, 1.82) is 0 Å². The Balaban J connectivity index is 1.51. The average Bonchev–Trinajstić information content (AvgIpc) is 3.33. The minimum atomic E-state index is 0.239. The van der Waals surface area contributed by atoms with E-state index in [-0.39, 0.29) is 5.41 Å². The summed E-state index contributed by atoms with van der Waals surface area (Å²) in [7, 11) is 1.81. The van der Waals surface area contributed by atoms with Crippen molar-refractivity contribution in [2.45, 2.75) is 38.5 Å². The van der Waals surface area contributed by atoms with Gasteiger partial charge in [-0.1, -0.05) is 33.2 Å². The molecule has 0 aliphatic heterocycles. The Labute approximate surface area is 157 Å². The maximum Gasteiger partial charge on any atom is 0.191 e. The number of nitrogens with zero attached hydrogens (tertiary/aromatic N) is 2. The van der Waals surface area contributed by atoms with Crippen LogP contribution in [-0.4, -0.2) is 31.3 Å². The molecular formula is C19H25BrN4O. The van der Waals surface area contributed by atoms with Gasteiger partial charge in [0.15, 0.2) is 5.96 Å². The SMILES string of the molecule is CN=C(NCCc1c(C)noc1C)NCC1(c2cccc(Br)c2)CC1. The van der Waals surface area contributed by atoms with E-state index in [0.717, 1.165) is 41.4 Å². The number of hydrogen-bond acceptors (Lipinski definition) is 3. The molecule has 1 saturated carbocycles. The number of aromatic nitrogens is 1. The maximum absolute atomic E-state index is 5.21. The number of nitrogens with one attached hydrogen (secondary N) is 2. The Kier molecular flexibility index (Phi) is 5.47. The van der Waals surface area contributed by atoms with Gasteiger partial charge < -0.3 is 15.2 Å². The Bertz CT molecular complexity index is 745. The van der Waals surface area contributed by atoms with Crippen LogP contribution in [0.25, 0.3) is 0 Å². The van der Waals surface area contributed by atoms with Crippen molar-refractivity contribution in [2.24, 2.45) is 4.99 Å². The zero-order chi connectivity index (χ0) is 17.9. The maximum atomic E-state index is 5.21. The number of benzene rings is 1. The van der Waals surface area contributed by atoms with Gasteiger partial charge in [0.1, 0.15) is 5.76 Å². The number of guanidine groups is 1. The van der Waals surface area contributed by atoms with E-state index >= 15 is 0 Å². The van der Waals surface area contributed by atoms with Crippen molar-refractivity contribution in [3.63, 3.8) is 0 Å². The lowest BCUT2D eigenvalue weighted by atomic mass is 9.96. The first kappa shape index (κ1) is 18.0. The molecule has 1 fully saturated rings. The zero-order valence-corrected chi connectivity index (χ0v) is 16.6. The van der Waals surface area contributed by atoms with E-state index < -0.39 is 0 Å². The molecule has 2 N–H and O–H groups in total. The monoisotopic (exact) mass is 404 g/mol. The van der Waals surface area contributed by atoms with Gasteiger partial charge >= 0.3 is 0 Å². The molecule has 0 saturated heterocycles. The number of aliphatic imine (C=N–C) groups is 1. The third-order valence-corrected chi connectivity index (χ3v) is 5.45. The van der Waals surface area contributed by atoms with Gasteiger partial charge in [0.05, 0.1) is 5.69 Å². The van der Waals surface area contributed by atoms with Crippen molar-refractivity contribution < 1.29 is 4.52 Å². The van der Waals surface area contributed by atoms with Crippen LogP contribution in [0.3, 0.4) is 0 Å². The molecule has 0 spiro atoms. The third-order valence-electron chi connectivity index (χ3n) is 4.96. The van der Waals surface area contributed by atoms with Crippen molar-refractivity contribution in [2.75, 3.05) is 20.1 Å². The van der Waals surface area contributed by atoms with Crippen LogP contribution < -0.4 is 10.6 Å².